The summed E-state index contributed by atoms with van der Waals surface area (Å²) in [6.45, 7) is 6.65. The van der Waals surface area contributed by atoms with Gasteiger partial charge in [0.1, 0.15) is 86.4 Å². The number of pyridine rings is 2. The quantitative estimate of drug-likeness (QED) is 0.0238. The van der Waals surface area contributed by atoms with E-state index in [4.69, 9.17) is 38.4 Å². The highest BCUT2D eigenvalue weighted by atomic mass is 16.5. The van der Waals surface area contributed by atoms with Crippen LogP contribution in [-0.4, -0.2) is 96.1 Å². The summed E-state index contributed by atoms with van der Waals surface area (Å²) in [7, 11) is 1.39. The molecular weight excluding hydrogens is 1680 g/mol. The van der Waals surface area contributed by atoms with Crippen molar-refractivity contribution in [3.05, 3.63) is 419 Å². The Labute approximate surface area is 784 Å². The number of carboxylic acid groups (broad SMARTS) is 1. The average Bonchev–Trinajstić information content (AvgIpc) is 1.47. The number of H-pyrrole nitrogens is 1. The van der Waals surface area contributed by atoms with Gasteiger partial charge in [-0.3, -0.25) is 19.2 Å². The van der Waals surface area contributed by atoms with Crippen molar-refractivity contribution in [2.45, 2.75) is 142 Å². The Morgan fingerprint density at radius 1 is 0.485 bits per heavy atom. The molecule has 16 rings (SSSR count). The topological polar surface area (TPSA) is 281 Å². The predicted octanol–water partition coefficient (Wildman–Crippen LogP) is 22.9. The second kappa shape index (κ2) is 52.9. The van der Waals surface area contributed by atoms with Crippen molar-refractivity contribution in [3.63, 3.8) is 0 Å². The predicted molar refractivity (Wildman–Crippen MR) is 522 cm³/mol. The van der Waals surface area contributed by atoms with E-state index in [1.165, 1.54) is 61.8 Å². The van der Waals surface area contributed by atoms with Gasteiger partial charge in [-0.1, -0.05) is 256 Å². The molecule has 1 amide bonds. The van der Waals surface area contributed by atoms with Crippen molar-refractivity contribution in [1.29, 1.82) is 5.26 Å². The summed E-state index contributed by atoms with van der Waals surface area (Å²) in [5.74, 6) is 4.35. The number of ether oxygens (including phenoxy) is 7. The van der Waals surface area contributed by atoms with Crippen LogP contribution in [0.3, 0.4) is 0 Å². The summed E-state index contributed by atoms with van der Waals surface area (Å²) in [4.78, 5) is 57.6. The van der Waals surface area contributed by atoms with E-state index < -0.39 is 11.9 Å². The number of fused-ring (bicyclic) bond motifs is 2. The molecule has 2 unspecified atom stereocenters. The van der Waals surface area contributed by atoms with Crippen molar-refractivity contribution >= 4 is 45.4 Å². The highest BCUT2D eigenvalue weighted by molar-refractivity contribution is 5.87. The Balaban J connectivity index is 0.000000152. The van der Waals surface area contributed by atoms with Crippen LogP contribution in [0.1, 0.15) is 144 Å². The first-order valence-corrected chi connectivity index (χ1v) is 45.2. The van der Waals surface area contributed by atoms with Crippen molar-refractivity contribution in [2.75, 3.05) is 26.8 Å². The fourth-order valence-corrected chi connectivity index (χ4v) is 15.3. The number of rotatable bonds is 39. The number of nitriles is 1. The molecule has 684 valence electrons. The van der Waals surface area contributed by atoms with E-state index in [9.17, 15) is 29.4 Å². The summed E-state index contributed by atoms with van der Waals surface area (Å²) < 4.78 is 39.5. The minimum absolute atomic E-state index is 0.0204. The van der Waals surface area contributed by atoms with E-state index in [0.717, 1.165) is 145 Å². The Hall–Kier alpha value is -15.6. The zero-order chi connectivity index (χ0) is 93.6. The first-order valence-electron chi connectivity index (χ1n) is 45.2. The molecule has 0 spiro atoms. The van der Waals surface area contributed by atoms with Crippen molar-refractivity contribution in [3.8, 4) is 46.3 Å². The van der Waals surface area contributed by atoms with Crippen molar-refractivity contribution in [2.24, 2.45) is 5.41 Å². The number of para-hydroxylation sites is 3. The number of aliphatic carboxylic acids is 1. The Morgan fingerprint density at radius 3 is 1.43 bits per heavy atom. The number of benzene rings is 12. The molecule has 3 N–H and O–H groups in total. The Kier molecular flexibility index (Phi) is 38.5. The van der Waals surface area contributed by atoms with Gasteiger partial charge in [0.25, 0.3) is 0 Å². The van der Waals surface area contributed by atoms with E-state index in [1.807, 2.05) is 267 Å². The number of nitrogens with one attached hydrogen (secondary N) is 1. The molecule has 1 aliphatic rings. The van der Waals surface area contributed by atoms with Crippen LogP contribution < -0.4 is 28.4 Å². The van der Waals surface area contributed by atoms with Gasteiger partial charge in [-0.15, -0.1) is 10.2 Å². The first-order chi connectivity index (χ1) is 65.5. The van der Waals surface area contributed by atoms with Gasteiger partial charge in [0.05, 0.1) is 47.9 Å². The first kappa shape index (κ1) is 97.5. The molecule has 3 heterocycles. The molecule has 21 heteroatoms. The number of hydrogen-bond acceptors (Lipinski definition) is 18. The second-order valence-corrected chi connectivity index (χ2v) is 32.8. The number of carboxylic acids is 1. The van der Waals surface area contributed by atoms with Gasteiger partial charge >= 0.3 is 11.9 Å². The third-order valence-corrected chi connectivity index (χ3v) is 22.8. The van der Waals surface area contributed by atoms with E-state index in [2.05, 4.69) is 92.1 Å². The number of nitrogens with zero attached hydrogens (tertiary/aromatic N) is 7. The van der Waals surface area contributed by atoms with Gasteiger partial charge in [0.2, 0.25) is 5.91 Å². The van der Waals surface area contributed by atoms with Crippen LogP contribution in [-0.2, 0) is 89.1 Å². The Bertz CT molecular complexity index is 6110. The second-order valence-electron chi connectivity index (χ2n) is 32.8. The molecule has 12 aromatic carbocycles. The average molecular weight is 1790 g/mol. The largest absolute Gasteiger partial charge is 0.508 e. The number of hydrogen-bond donors (Lipinski definition) is 3. The number of aromatic hydroxyl groups is 1. The van der Waals surface area contributed by atoms with Gasteiger partial charge in [-0.25, -0.2) is 9.97 Å². The molecule has 134 heavy (non-hydrogen) atoms. The maximum Gasteiger partial charge on any atom is 0.323 e. The number of aryl methyl sites for hydroxylation is 2. The van der Waals surface area contributed by atoms with E-state index >= 15 is 0 Å². The van der Waals surface area contributed by atoms with E-state index in [0.29, 0.717) is 71.4 Å². The molecule has 0 bridgehead atoms. The van der Waals surface area contributed by atoms with Gasteiger partial charge in [-0.2, -0.15) is 10.5 Å². The fourth-order valence-electron chi connectivity index (χ4n) is 15.3. The molecular formula is C113H114N8O13. The van der Waals surface area contributed by atoms with Gasteiger partial charge < -0.3 is 48.3 Å². The van der Waals surface area contributed by atoms with Gasteiger partial charge in [-0.05, 0) is 241 Å². The molecule has 1 fully saturated rings. The number of carbonyl (C=O) groups excluding carboxylic acids is 3. The van der Waals surface area contributed by atoms with Crippen molar-refractivity contribution < 1.29 is 62.5 Å². The molecule has 0 saturated heterocycles. The molecule has 0 aliphatic heterocycles. The van der Waals surface area contributed by atoms with Crippen LogP contribution >= 0.6 is 0 Å². The number of methoxy groups -OCH3 is 1. The third kappa shape index (κ3) is 33.4. The van der Waals surface area contributed by atoms with Crippen LogP contribution in [0.2, 0.25) is 0 Å². The molecule has 1 aliphatic carbocycles. The summed E-state index contributed by atoms with van der Waals surface area (Å²) in [6.07, 6.45) is 15.3. The molecule has 15 aromatic rings. The van der Waals surface area contributed by atoms with Crippen LogP contribution in [0.15, 0.2) is 352 Å². The summed E-state index contributed by atoms with van der Waals surface area (Å²) in [6, 6.07) is 112. The van der Waals surface area contributed by atoms with E-state index in [-0.39, 0.29) is 41.8 Å². The molecule has 2 atom stereocenters. The van der Waals surface area contributed by atoms with Crippen LogP contribution in [0, 0.1) is 16.7 Å². The summed E-state index contributed by atoms with van der Waals surface area (Å²) in [5.41, 5.74) is 13.7. The highest BCUT2D eigenvalue weighted by Gasteiger charge is 2.33. The van der Waals surface area contributed by atoms with E-state index in [1.54, 1.807) is 30.3 Å². The minimum atomic E-state index is -1.01. The lowest BCUT2D eigenvalue weighted by molar-refractivity contribution is -0.144. The number of ketones is 1. The number of carbonyl (C=O) groups is 4. The molecule has 3 aromatic heterocycles. The van der Waals surface area contributed by atoms with Crippen LogP contribution in [0.25, 0.3) is 21.8 Å². The lowest BCUT2D eigenvalue weighted by atomic mass is 9.78. The van der Waals surface area contributed by atoms with Gasteiger partial charge in [0.15, 0.2) is 11.6 Å². The zero-order valence-electron chi connectivity index (χ0n) is 76.0. The number of tetrazole rings is 1. The number of aromatic nitrogens is 6. The lowest BCUT2D eigenvalue weighted by Gasteiger charge is -2.26. The highest BCUT2D eigenvalue weighted by Crippen LogP contribution is 2.45. The molecule has 21 nitrogen and oxygen atoms in total. The number of amides is 1. The van der Waals surface area contributed by atoms with Gasteiger partial charge in [0, 0.05) is 30.2 Å². The maximum atomic E-state index is 12.7. The number of phenols is 1. The fraction of sp³-hybridized carbons (Fsp3) is 0.239. The third-order valence-electron chi connectivity index (χ3n) is 22.8. The smallest absolute Gasteiger partial charge is 0.323 e. The number of allylic oxidation sites excluding steroid dienone is 1. The normalized spacial score (nSPS) is 12.1. The maximum absolute atomic E-state index is 12.7. The number of esters is 1. The SMILES string of the molecule is CC(=O)/C=C/COc1ccc(COc2ccccc2)cc1.CC(CCCc1nn[nH]n1)c1ccc(OCc2ccc3ccccc3n2)cc1.COC(=O)C(Cc1ccc(OCc2ccccc2)cc1)c1ccc(O)cc1.N#CCC1(CCc2ccc(OCc3ccc4ccccc4n3)cc2)CCCC1.O=C(O)CN(CCc1ccccc1)C(=O)Cc1ccc(OCc2ccccc2)cc1. The minimum Gasteiger partial charge on any atom is -0.508 e. The van der Waals surface area contributed by atoms with Crippen LogP contribution in [0.5, 0.6) is 40.2 Å². The number of phenolic OH excluding ortho intramolecular Hbond substituents is 1. The number of aromatic amines is 1. The zero-order valence-corrected chi connectivity index (χ0v) is 76.0. The molecule has 0 radical (unpaired) electrons. The Morgan fingerprint density at radius 2 is 0.925 bits per heavy atom. The summed E-state index contributed by atoms with van der Waals surface area (Å²) >= 11 is 0. The standard InChI is InChI=1S/C25H26N2O.C25H25NO4.C23H22O4.C22H23N5O.C18H18O3/c26-18-17-25(14-3-4-15-25)16-13-20-7-11-23(12-8-20)28-19-22-10-9-21-5-1-2-6-24(21)27-22;27-24(26(18-25(28)29)16-15-20-7-3-1-4-8-20)17-21-11-13-23(14-12-21)30-19-22-9-5-2-6-10-22;1-26-23(25)22(19-9-11-20(24)12-10-19)15-17-7-13-21(14-8-17)27-16-18-5-3-2-4-6-18;1-16(5-4-8-22-24-26-27-25-22)17-10-13-20(14-11-17)28-15-19-12-9-18-6-2-3-7-21(18)23-19;1-15(19)6-5-13-20-18-11-9-16(10-12-18)14-21-17-7-3-2-4-8-17/h1-2,5-12H,3-4,13-17,19H2;1-14H,15-19H2,(H,28,29);2-14,22,24H,15-16H2,1H3;2-3,6-7,9-14,16H,4-5,8,15H2,1H3,(H,24,25,26,27);2-12H,13-14H2,1H3/b;;;;6-5+. The van der Waals surface area contributed by atoms with Crippen LogP contribution in [0.4, 0.5) is 0 Å². The summed E-state index contributed by atoms with van der Waals surface area (Å²) in [5, 5.41) is 44.1. The monoisotopic (exact) mass is 1790 g/mol. The molecule has 1 saturated carbocycles. The lowest BCUT2D eigenvalue weighted by Crippen LogP contribution is -2.38. The van der Waals surface area contributed by atoms with Crippen molar-refractivity contribution in [1.82, 2.24) is 35.5 Å².